The van der Waals surface area contributed by atoms with Crippen molar-refractivity contribution in [1.29, 1.82) is 0 Å². The van der Waals surface area contributed by atoms with Crippen LogP contribution in [0.1, 0.15) is 37.7 Å². The summed E-state index contributed by atoms with van der Waals surface area (Å²) in [6.07, 6.45) is 8.04. The number of rotatable bonds is 4. The molecule has 1 aliphatic heterocycles. The van der Waals surface area contributed by atoms with Crippen LogP contribution in [0.15, 0.2) is 36.7 Å². The van der Waals surface area contributed by atoms with E-state index in [1.807, 2.05) is 29.2 Å². The second kappa shape index (κ2) is 9.65. The molecule has 0 bridgehead atoms. The van der Waals surface area contributed by atoms with Gasteiger partial charge in [0.25, 0.3) is 0 Å². The van der Waals surface area contributed by atoms with Gasteiger partial charge in [0.15, 0.2) is 0 Å². The van der Waals surface area contributed by atoms with Crippen molar-refractivity contribution in [3.05, 3.63) is 52.3 Å². The summed E-state index contributed by atoms with van der Waals surface area (Å²) in [4.78, 5) is 19.1. The number of amides is 1. The number of carbonyl (C=O) groups is 1. The van der Waals surface area contributed by atoms with Crippen LogP contribution in [-0.4, -0.2) is 39.6 Å². The lowest BCUT2D eigenvalue weighted by molar-refractivity contribution is -0.133. The molecule has 156 valence electrons. The minimum atomic E-state index is -0.208. The van der Waals surface area contributed by atoms with E-state index in [0.29, 0.717) is 16.5 Å². The van der Waals surface area contributed by atoms with Crippen molar-refractivity contribution in [2.24, 2.45) is 5.92 Å². The quantitative estimate of drug-likeness (QED) is 0.692. The first-order chi connectivity index (χ1) is 13.5. The average Bonchev–Trinajstić information content (AvgIpc) is 3.06. The number of likely N-dealkylation sites (tertiary alicyclic amines) is 1. The molecular formula is C22H25Cl3N2O2. The van der Waals surface area contributed by atoms with Crippen LogP contribution in [-0.2, 0) is 11.2 Å². The van der Waals surface area contributed by atoms with Gasteiger partial charge in [0, 0.05) is 46.5 Å². The van der Waals surface area contributed by atoms with Crippen molar-refractivity contribution in [1.82, 2.24) is 9.88 Å². The fourth-order valence-corrected chi connectivity index (χ4v) is 5.07. The van der Waals surface area contributed by atoms with Gasteiger partial charge in [0.1, 0.15) is 0 Å². The number of aromatic nitrogens is 1. The zero-order valence-corrected chi connectivity index (χ0v) is 18.4. The minimum absolute atomic E-state index is 0. The Hall–Kier alpha value is -1.33. The molecule has 1 aromatic heterocycles. The van der Waals surface area contributed by atoms with Crippen LogP contribution in [0, 0.1) is 5.92 Å². The van der Waals surface area contributed by atoms with Crippen LogP contribution in [0.3, 0.4) is 0 Å². The summed E-state index contributed by atoms with van der Waals surface area (Å²) in [7, 11) is 0. The van der Waals surface area contributed by atoms with Crippen molar-refractivity contribution in [3.8, 4) is 11.1 Å². The summed E-state index contributed by atoms with van der Waals surface area (Å²) < 4.78 is 0. The van der Waals surface area contributed by atoms with Gasteiger partial charge in [-0.15, -0.1) is 12.4 Å². The maximum absolute atomic E-state index is 13.0. The van der Waals surface area contributed by atoms with E-state index in [0.717, 1.165) is 55.3 Å². The Bertz CT molecular complexity index is 831. The number of hydrogen-bond acceptors (Lipinski definition) is 3. The molecule has 1 unspecified atom stereocenters. The summed E-state index contributed by atoms with van der Waals surface area (Å²) in [5, 5.41) is 10.9. The average molecular weight is 456 g/mol. The van der Waals surface area contributed by atoms with Crippen LogP contribution < -0.4 is 0 Å². The SMILES string of the molecule is Cl.O=C1C(Cc2c(Cl)cc(-c3cccnc3)cc2Cl)CCN1[C@H]1CC[C@@H](O)CC1. The number of aliphatic hydroxyl groups excluding tert-OH is 1. The topological polar surface area (TPSA) is 53.4 Å². The molecule has 1 saturated carbocycles. The van der Waals surface area contributed by atoms with Crippen molar-refractivity contribution >= 4 is 41.5 Å². The summed E-state index contributed by atoms with van der Waals surface area (Å²) in [5.41, 5.74) is 2.72. The molecule has 4 rings (SSSR count). The molecule has 2 aromatic rings. The van der Waals surface area contributed by atoms with Gasteiger partial charge in [-0.25, -0.2) is 0 Å². The van der Waals surface area contributed by atoms with E-state index in [1.54, 1.807) is 12.4 Å². The molecule has 1 aliphatic carbocycles. The zero-order chi connectivity index (χ0) is 19.7. The van der Waals surface area contributed by atoms with Gasteiger partial charge in [-0.3, -0.25) is 9.78 Å². The fraction of sp³-hybridized carbons (Fsp3) is 0.455. The number of benzene rings is 1. The van der Waals surface area contributed by atoms with Gasteiger partial charge in [-0.05, 0) is 67.9 Å². The van der Waals surface area contributed by atoms with Crippen LogP contribution >= 0.6 is 35.6 Å². The number of pyridine rings is 1. The molecule has 0 spiro atoms. The van der Waals surface area contributed by atoms with Gasteiger partial charge in [-0.2, -0.15) is 0 Å². The molecule has 0 radical (unpaired) electrons. The normalized spacial score (nSPS) is 24.4. The minimum Gasteiger partial charge on any atom is -0.393 e. The third kappa shape index (κ3) is 4.88. The molecule has 29 heavy (non-hydrogen) atoms. The number of hydrogen-bond donors (Lipinski definition) is 1. The van der Waals surface area contributed by atoms with Crippen molar-refractivity contribution in [3.63, 3.8) is 0 Å². The lowest BCUT2D eigenvalue weighted by Gasteiger charge is -2.33. The van der Waals surface area contributed by atoms with Crippen LogP contribution in [0.25, 0.3) is 11.1 Å². The maximum atomic E-state index is 13.0. The summed E-state index contributed by atoms with van der Waals surface area (Å²) in [6.45, 7) is 0.785. The van der Waals surface area contributed by atoms with E-state index in [1.165, 1.54) is 0 Å². The Labute approximate surface area is 187 Å². The molecule has 4 nitrogen and oxygen atoms in total. The highest BCUT2D eigenvalue weighted by atomic mass is 35.5. The molecular weight excluding hydrogens is 431 g/mol. The van der Waals surface area contributed by atoms with Gasteiger partial charge in [-0.1, -0.05) is 29.3 Å². The first-order valence-corrected chi connectivity index (χ1v) is 10.7. The van der Waals surface area contributed by atoms with E-state index < -0.39 is 0 Å². The fourth-order valence-electron chi connectivity index (χ4n) is 4.43. The van der Waals surface area contributed by atoms with Crippen molar-refractivity contribution in [2.75, 3.05) is 6.54 Å². The summed E-state index contributed by atoms with van der Waals surface area (Å²) in [5.74, 6) is 0.121. The number of aliphatic hydroxyl groups is 1. The lowest BCUT2D eigenvalue weighted by atomic mass is 9.92. The largest absolute Gasteiger partial charge is 0.393 e. The van der Waals surface area contributed by atoms with Crippen LogP contribution in [0.5, 0.6) is 0 Å². The van der Waals surface area contributed by atoms with E-state index in [9.17, 15) is 9.90 Å². The Morgan fingerprint density at radius 2 is 1.76 bits per heavy atom. The van der Waals surface area contributed by atoms with E-state index in [-0.39, 0.29) is 36.4 Å². The van der Waals surface area contributed by atoms with Gasteiger partial charge < -0.3 is 10.0 Å². The second-order valence-corrected chi connectivity index (χ2v) is 8.66. The lowest BCUT2D eigenvalue weighted by Crippen LogP contribution is -2.41. The molecule has 1 aromatic carbocycles. The van der Waals surface area contributed by atoms with Crippen LogP contribution in [0.4, 0.5) is 0 Å². The molecule has 1 atom stereocenters. The Kier molecular flexibility index (Phi) is 7.44. The van der Waals surface area contributed by atoms with E-state index in [2.05, 4.69) is 4.98 Å². The predicted octanol–water partition coefficient (Wildman–Crippen LogP) is 5.17. The van der Waals surface area contributed by atoms with Gasteiger partial charge in [0.2, 0.25) is 5.91 Å². The highest BCUT2D eigenvalue weighted by Gasteiger charge is 2.37. The number of halogens is 3. The monoisotopic (exact) mass is 454 g/mol. The third-order valence-corrected chi connectivity index (χ3v) is 6.72. The molecule has 2 fully saturated rings. The zero-order valence-electron chi connectivity index (χ0n) is 16.1. The van der Waals surface area contributed by atoms with Gasteiger partial charge in [0.05, 0.1) is 6.10 Å². The molecule has 2 heterocycles. The summed E-state index contributed by atoms with van der Waals surface area (Å²) in [6, 6.07) is 7.91. The Morgan fingerprint density at radius 3 is 2.38 bits per heavy atom. The Balaban J connectivity index is 0.00000240. The first-order valence-electron chi connectivity index (χ1n) is 9.90. The summed E-state index contributed by atoms with van der Waals surface area (Å²) >= 11 is 13.1. The highest BCUT2D eigenvalue weighted by molar-refractivity contribution is 6.36. The van der Waals surface area contributed by atoms with Crippen molar-refractivity contribution < 1.29 is 9.90 Å². The maximum Gasteiger partial charge on any atom is 0.226 e. The van der Waals surface area contributed by atoms with E-state index >= 15 is 0 Å². The predicted molar refractivity (Wildman–Crippen MR) is 119 cm³/mol. The molecule has 2 aliphatic rings. The standard InChI is InChI=1S/C22H24Cl2N2O2.ClH/c23-20-11-16(15-2-1-8-25-13-15)12-21(24)19(20)10-14-7-9-26(22(14)28)17-3-5-18(27)6-4-17;/h1-2,8,11-14,17-18,27H,3-7,9-10H2;1H/t14?,17-,18+;. The number of carbonyl (C=O) groups excluding carboxylic acids is 1. The van der Waals surface area contributed by atoms with Gasteiger partial charge >= 0.3 is 0 Å². The highest BCUT2D eigenvalue weighted by Crippen LogP contribution is 2.36. The third-order valence-electron chi connectivity index (χ3n) is 6.04. The smallest absolute Gasteiger partial charge is 0.226 e. The number of nitrogens with zero attached hydrogens (tertiary/aromatic N) is 2. The molecule has 7 heteroatoms. The Morgan fingerprint density at radius 1 is 1.07 bits per heavy atom. The first kappa shape index (κ1) is 22.4. The molecule has 1 amide bonds. The molecule has 1 N–H and O–H groups in total. The van der Waals surface area contributed by atoms with Crippen molar-refractivity contribution in [2.45, 2.75) is 50.7 Å². The molecule has 1 saturated heterocycles. The second-order valence-electron chi connectivity index (χ2n) is 7.84. The van der Waals surface area contributed by atoms with E-state index in [4.69, 9.17) is 23.2 Å². The van der Waals surface area contributed by atoms with Crippen LogP contribution in [0.2, 0.25) is 10.0 Å².